The summed E-state index contributed by atoms with van der Waals surface area (Å²) in [6.45, 7) is 1.37. The van der Waals surface area contributed by atoms with E-state index < -0.39 is 15.9 Å². The number of carbonyl (C=O) groups excluding carboxylic acids is 2. The van der Waals surface area contributed by atoms with E-state index >= 15 is 0 Å². The minimum absolute atomic E-state index is 0.0308. The van der Waals surface area contributed by atoms with Crippen LogP contribution in [0, 0.1) is 0 Å². The molecule has 136 valence electrons. The number of benzene rings is 2. The number of amides is 2. The molecule has 0 saturated carbocycles. The molecule has 10 heteroatoms. The maximum atomic E-state index is 12.2. The summed E-state index contributed by atoms with van der Waals surface area (Å²) in [5.74, 6) is -0.710. The molecule has 0 fully saturated rings. The van der Waals surface area contributed by atoms with E-state index in [0.29, 0.717) is 16.9 Å². The van der Waals surface area contributed by atoms with Crippen LogP contribution in [-0.4, -0.2) is 25.3 Å². The van der Waals surface area contributed by atoms with Gasteiger partial charge >= 0.3 is 0 Å². The highest BCUT2D eigenvalue weighted by atomic mass is 32.2. The Hall–Kier alpha value is -2.82. The molecule has 2 aromatic carbocycles. The van der Waals surface area contributed by atoms with Crippen LogP contribution in [0.15, 0.2) is 53.4 Å². The van der Waals surface area contributed by atoms with Gasteiger partial charge < -0.3 is 10.6 Å². The first-order chi connectivity index (χ1) is 12.1. The first kappa shape index (κ1) is 19.5. The van der Waals surface area contributed by atoms with Crippen LogP contribution >= 0.6 is 12.2 Å². The van der Waals surface area contributed by atoms with E-state index in [0.717, 1.165) is 0 Å². The van der Waals surface area contributed by atoms with Crippen molar-refractivity contribution in [3.8, 4) is 0 Å². The number of sulfonamides is 1. The molecule has 0 spiro atoms. The fourth-order valence-electron chi connectivity index (χ4n) is 2.01. The molecule has 0 heterocycles. The van der Waals surface area contributed by atoms with Crippen molar-refractivity contribution in [1.82, 2.24) is 5.32 Å². The van der Waals surface area contributed by atoms with Gasteiger partial charge in [-0.3, -0.25) is 14.9 Å². The quantitative estimate of drug-likeness (QED) is 0.582. The highest BCUT2D eigenvalue weighted by molar-refractivity contribution is 7.89. The Morgan fingerprint density at radius 2 is 1.65 bits per heavy atom. The van der Waals surface area contributed by atoms with Gasteiger partial charge in [-0.2, -0.15) is 0 Å². The number of primary sulfonamides is 1. The van der Waals surface area contributed by atoms with E-state index in [1.54, 1.807) is 18.2 Å². The number of hydrogen-bond donors (Lipinski definition) is 4. The third-order valence-electron chi connectivity index (χ3n) is 3.11. The third kappa shape index (κ3) is 5.62. The average Bonchev–Trinajstić information content (AvgIpc) is 2.54. The van der Waals surface area contributed by atoms with E-state index in [1.165, 1.54) is 37.3 Å². The van der Waals surface area contributed by atoms with Crippen LogP contribution in [0.25, 0.3) is 0 Å². The Bertz CT molecular complexity index is 956. The Morgan fingerprint density at radius 1 is 1.00 bits per heavy atom. The molecule has 0 aliphatic carbocycles. The van der Waals surface area contributed by atoms with Gasteiger partial charge in [0.15, 0.2) is 5.11 Å². The summed E-state index contributed by atoms with van der Waals surface area (Å²) in [4.78, 5) is 23.3. The smallest absolute Gasteiger partial charge is 0.257 e. The highest BCUT2D eigenvalue weighted by Gasteiger charge is 2.10. The van der Waals surface area contributed by atoms with Crippen LogP contribution in [-0.2, 0) is 14.8 Å². The van der Waals surface area contributed by atoms with Gasteiger partial charge in [0.05, 0.1) is 4.90 Å². The second-order valence-corrected chi connectivity index (χ2v) is 7.21. The molecule has 0 saturated heterocycles. The lowest BCUT2D eigenvalue weighted by molar-refractivity contribution is -0.114. The first-order valence-corrected chi connectivity index (χ1v) is 9.23. The van der Waals surface area contributed by atoms with E-state index in [4.69, 9.17) is 17.4 Å². The molecule has 0 aromatic heterocycles. The van der Waals surface area contributed by atoms with Crippen LogP contribution in [0.2, 0.25) is 0 Å². The standard InChI is InChI=1S/C16H16N4O4S2/c1-10(21)18-13-4-2-3-11(9-13)15(22)20-16(25)19-12-5-7-14(8-6-12)26(17,23)24/h2-9H,1H3,(H,18,21)(H2,17,23,24)(H2,19,20,22,25). The summed E-state index contributed by atoms with van der Waals surface area (Å²) in [6.07, 6.45) is 0. The Labute approximate surface area is 155 Å². The number of nitrogens with two attached hydrogens (primary N) is 1. The monoisotopic (exact) mass is 392 g/mol. The zero-order valence-corrected chi connectivity index (χ0v) is 15.3. The van der Waals surface area contributed by atoms with Crippen LogP contribution in [0.5, 0.6) is 0 Å². The lowest BCUT2D eigenvalue weighted by Crippen LogP contribution is -2.34. The van der Waals surface area contributed by atoms with Gasteiger partial charge in [-0.1, -0.05) is 6.07 Å². The van der Waals surface area contributed by atoms with Gasteiger partial charge in [0.25, 0.3) is 5.91 Å². The lowest BCUT2D eigenvalue weighted by Gasteiger charge is -2.11. The van der Waals surface area contributed by atoms with E-state index in [1.807, 2.05) is 0 Å². The molecule has 26 heavy (non-hydrogen) atoms. The summed E-state index contributed by atoms with van der Waals surface area (Å²) in [5, 5.41) is 12.9. The van der Waals surface area contributed by atoms with Crippen LogP contribution in [0.3, 0.4) is 0 Å². The van der Waals surface area contributed by atoms with E-state index in [2.05, 4.69) is 16.0 Å². The van der Waals surface area contributed by atoms with Crippen molar-refractivity contribution in [1.29, 1.82) is 0 Å². The van der Waals surface area contributed by atoms with Crippen LogP contribution in [0.4, 0.5) is 11.4 Å². The molecule has 2 aromatic rings. The number of nitrogens with one attached hydrogen (secondary N) is 3. The van der Waals surface area contributed by atoms with Gasteiger partial charge in [0.2, 0.25) is 15.9 Å². The molecular formula is C16H16N4O4S2. The third-order valence-corrected chi connectivity index (χ3v) is 4.25. The van der Waals surface area contributed by atoms with Crippen molar-refractivity contribution < 1.29 is 18.0 Å². The van der Waals surface area contributed by atoms with Crippen molar-refractivity contribution in [3.63, 3.8) is 0 Å². The largest absolute Gasteiger partial charge is 0.332 e. The number of carbonyl (C=O) groups is 2. The number of rotatable bonds is 4. The molecule has 2 amide bonds. The maximum absolute atomic E-state index is 12.2. The predicted molar refractivity (Wildman–Crippen MR) is 102 cm³/mol. The van der Waals surface area contributed by atoms with Crippen LogP contribution < -0.4 is 21.1 Å². The molecule has 8 nitrogen and oxygen atoms in total. The lowest BCUT2D eigenvalue weighted by atomic mass is 10.2. The molecule has 0 atom stereocenters. The highest BCUT2D eigenvalue weighted by Crippen LogP contribution is 2.13. The van der Waals surface area contributed by atoms with E-state index in [-0.39, 0.29) is 15.9 Å². The molecule has 2 rings (SSSR count). The zero-order valence-electron chi connectivity index (χ0n) is 13.6. The molecular weight excluding hydrogens is 376 g/mol. The Kier molecular flexibility index (Phi) is 6.03. The average molecular weight is 392 g/mol. The second kappa shape index (κ2) is 8.04. The SMILES string of the molecule is CC(=O)Nc1cccc(C(=O)NC(=S)Nc2ccc(S(N)(=O)=O)cc2)c1. The van der Waals surface area contributed by atoms with Crippen LogP contribution in [0.1, 0.15) is 17.3 Å². The summed E-state index contributed by atoms with van der Waals surface area (Å²) in [5.41, 5.74) is 1.28. The van der Waals surface area contributed by atoms with Crippen molar-refractivity contribution >= 4 is 50.5 Å². The van der Waals surface area contributed by atoms with Gasteiger partial charge in [0.1, 0.15) is 0 Å². The summed E-state index contributed by atoms with van der Waals surface area (Å²) >= 11 is 5.07. The minimum Gasteiger partial charge on any atom is -0.332 e. The molecule has 0 unspecified atom stereocenters. The van der Waals surface area contributed by atoms with Crippen molar-refractivity contribution in [2.24, 2.45) is 5.14 Å². The molecule has 0 aliphatic heterocycles. The topological polar surface area (TPSA) is 130 Å². The van der Waals surface area contributed by atoms with Gasteiger partial charge in [-0.25, -0.2) is 13.6 Å². The first-order valence-electron chi connectivity index (χ1n) is 7.28. The number of thiocarbonyl (C=S) groups is 1. The summed E-state index contributed by atoms with van der Waals surface area (Å²) < 4.78 is 22.4. The van der Waals surface area contributed by atoms with Crippen molar-refractivity contribution in [2.75, 3.05) is 10.6 Å². The molecule has 0 bridgehead atoms. The van der Waals surface area contributed by atoms with Gasteiger partial charge in [0, 0.05) is 23.9 Å². The predicted octanol–water partition coefficient (Wildman–Crippen LogP) is 1.42. The minimum atomic E-state index is -3.78. The molecule has 0 aliphatic rings. The number of hydrogen-bond acceptors (Lipinski definition) is 5. The number of anilines is 2. The Morgan fingerprint density at radius 3 is 2.23 bits per heavy atom. The van der Waals surface area contributed by atoms with Crippen molar-refractivity contribution in [3.05, 3.63) is 54.1 Å². The van der Waals surface area contributed by atoms with Gasteiger partial charge in [-0.15, -0.1) is 0 Å². The maximum Gasteiger partial charge on any atom is 0.257 e. The molecule has 5 N–H and O–H groups in total. The second-order valence-electron chi connectivity index (χ2n) is 5.24. The Balaban J connectivity index is 2.01. The fraction of sp³-hybridized carbons (Fsp3) is 0.0625. The fourth-order valence-corrected chi connectivity index (χ4v) is 2.73. The normalized spacial score (nSPS) is 10.7. The zero-order chi connectivity index (χ0) is 19.3. The molecule has 0 radical (unpaired) electrons. The van der Waals surface area contributed by atoms with Crippen molar-refractivity contribution in [2.45, 2.75) is 11.8 Å². The van der Waals surface area contributed by atoms with E-state index in [9.17, 15) is 18.0 Å². The summed E-state index contributed by atoms with van der Waals surface area (Å²) in [6, 6.07) is 11.9. The van der Waals surface area contributed by atoms with Gasteiger partial charge in [-0.05, 0) is 54.7 Å². The summed E-state index contributed by atoms with van der Waals surface area (Å²) in [7, 11) is -3.78.